The average molecular weight is 311 g/mol. The smallest absolute Gasteiger partial charge is 0.323 e. The molecule has 1 aliphatic rings. The van der Waals surface area contributed by atoms with Gasteiger partial charge in [-0.1, -0.05) is 17.7 Å². The van der Waals surface area contributed by atoms with Crippen molar-refractivity contribution in [1.82, 2.24) is 0 Å². The van der Waals surface area contributed by atoms with Crippen LogP contribution in [0.2, 0.25) is 4.34 Å². The predicted octanol–water partition coefficient (Wildman–Crippen LogP) is 3.82. The standard InChI is InChI=1S/C13H11ClN2O3S/c14-11-6-8(7-20-11)15-13(17)16-9-2-1-3-10-12(9)19-5-4-18-10/h1-3,6-7H,4-5H2,(H2,15,16,17). The molecule has 2 amide bonds. The van der Waals surface area contributed by atoms with Crippen LogP contribution in [0.5, 0.6) is 11.5 Å². The zero-order valence-electron chi connectivity index (χ0n) is 10.3. The van der Waals surface area contributed by atoms with Crippen molar-refractivity contribution in [3.05, 3.63) is 34.0 Å². The van der Waals surface area contributed by atoms with Gasteiger partial charge in [0.2, 0.25) is 0 Å². The number of carbonyl (C=O) groups excluding carboxylic acids is 1. The average Bonchev–Trinajstić information content (AvgIpc) is 2.84. The van der Waals surface area contributed by atoms with Gasteiger partial charge in [0.25, 0.3) is 0 Å². The van der Waals surface area contributed by atoms with E-state index in [4.69, 9.17) is 21.1 Å². The van der Waals surface area contributed by atoms with E-state index in [1.165, 1.54) is 11.3 Å². The van der Waals surface area contributed by atoms with Crippen LogP contribution >= 0.6 is 22.9 Å². The molecule has 0 bridgehead atoms. The fourth-order valence-electron chi connectivity index (χ4n) is 1.83. The van der Waals surface area contributed by atoms with Crippen LogP contribution in [0.4, 0.5) is 16.2 Å². The molecule has 0 saturated heterocycles. The maximum absolute atomic E-state index is 11.9. The maximum Gasteiger partial charge on any atom is 0.323 e. The number of ether oxygens (including phenoxy) is 2. The predicted molar refractivity (Wildman–Crippen MR) is 79.4 cm³/mol. The van der Waals surface area contributed by atoms with E-state index in [1.807, 2.05) is 0 Å². The number of rotatable bonds is 2. The van der Waals surface area contributed by atoms with E-state index in [9.17, 15) is 4.79 Å². The molecule has 2 heterocycles. The molecule has 0 saturated carbocycles. The summed E-state index contributed by atoms with van der Waals surface area (Å²) in [4.78, 5) is 11.9. The van der Waals surface area contributed by atoms with E-state index in [2.05, 4.69) is 10.6 Å². The summed E-state index contributed by atoms with van der Waals surface area (Å²) in [6.45, 7) is 0.976. The Morgan fingerprint density at radius 2 is 2.10 bits per heavy atom. The largest absolute Gasteiger partial charge is 0.486 e. The molecule has 1 aliphatic heterocycles. The van der Waals surface area contributed by atoms with Gasteiger partial charge in [0.15, 0.2) is 11.5 Å². The zero-order chi connectivity index (χ0) is 13.9. The van der Waals surface area contributed by atoms with Gasteiger partial charge in [-0.25, -0.2) is 4.79 Å². The van der Waals surface area contributed by atoms with Crippen LogP contribution in [0.25, 0.3) is 0 Å². The van der Waals surface area contributed by atoms with E-state index in [0.29, 0.717) is 40.4 Å². The highest BCUT2D eigenvalue weighted by Crippen LogP contribution is 2.37. The van der Waals surface area contributed by atoms with Crippen LogP contribution in [0.3, 0.4) is 0 Å². The first-order valence-electron chi connectivity index (χ1n) is 5.93. The van der Waals surface area contributed by atoms with Crippen LogP contribution in [-0.4, -0.2) is 19.2 Å². The van der Waals surface area contributed by atoms with Gasteiger partial charge in [0.1, 0.15) is 13.2 Å². The first kappa shape index (κ1) is 13.1. The van der Waals surface area contributed by atoms with Crippen molar-refractivity contribution in [3.8, 4) is 11.5 Å². The number of fused-ring (bicyclic) bond motifs is 1. The summed E-state index contributed by atoms with van der Waals surface area (Å²) in [5.74, 6) is 1.19. The number of halogens is 1. The number of benzene rings is 1. The van der Waals surface area contributed by atoms with Crippen molar-refractivity contribution in [1.29, 1.82) is 0 Å². The summed E-state index contributed by atoms with van der Waals surface area (Å²) in [6, 6.07) is 6.68. The van der Waals surface area contributed by atoms with Gasteiger partial charge in [-0.3, -0.25) is 0 Å². The third-order valence-electron chi connectivity index (χ3n) is 2.64. The van der Waals surface area contributed by atoms with Crippen LogP contribution in [-0.2, 0) is 0 Å². The molecule has 0 atom stereocenters. The molecule has 5 nitrogen and oxygen atoms in total. The van der Waals surface area contributed by atoms with E-state index < -0.39 is 0 Å². The molecule has 7 heteroatoms. The lowest BCUT2D eigenvalue weighted by Gasteiger charge is -2.21. The molecular formula is C13H11ClN2O3S. The Kier molecular flexibility index (Phi) is 3.66. The van der Waals surface area contributed by atoms with Crippen molar-refractivity contribution >= 4 is 40.3 Å². The molecule has 104 valence electrons. The molecule has 3 rings (SSSR count). The Balaban J connectivity index is 1.73. The van der Waals surface area contributed by atoms with Gasteiger partial charge in [-0.2, -0.15) is 0 Å². The highest BCUT2D eigenvalue weighted by molar-refractivity contribution is 7.14. The van der Waals surface area contributed by atoms with Gasteiger partial charge in [0.05, 0.1) is 15.7 Å². The minimum atomic E-state index is -0.359. The summed E-state index contributed by atoms with van der Waals surface area (Å²) < 4.78 is 11.6. The molecule has 0 unspecified atom stereocenters. The Morgan fingerprint density at radius 3 is 2.90 bits per heavy atom. The number of para-hydroxylation sites is 1. The molecule has 20 heavy (non-hydrogen) atoms. The fraction of sp³-hybridized carbons (Fsp3) is 0.154. The second-order valence-corrected chi connectivity index (χ2v) is 5.59. The third-order valence-corrected chi connectivity index (χ3v) is 3.73. The molecule has 2 aromatic rings. The topological polar surface area (TPSA) is 59.6 Å². The molecule has 1 aromatic carbocycles. The molecule has 0 fully saturated rings. The van der Waals surface area contributed by atoms with Gasteiger partial charge >= 0.3 is 6.03 Å². The van der Waals surface area contributed by atoms with Crippen molar-refractivity contribution in [2.45, 2.75) is 0 Å². The number of thiophene rings is 1. The van der Waals surface area contributed by atoms with Crippen LogP contribution < -0.4 is 20.1 Å². The number of nitrogens with one attached hydrogen (secondary N) is 2. The van der Waals surface area contributed by atoms with Crippen molar-refractivity contribution in [2.75, 3.05) is 23.8 Å². The van der Waals surface area contributed by atoms with Gasteiger partial charge in [-0.05, 0) is 18.2 Å². The molecular weight excluding hydrogens is 300 g/mol. The number of amides is 2. The summed E-state index contributed by atoms with van der Waals surface area (Å²) in [5, 5.41) is 7.20. The Bertz CT molecular complexity index is 644. The first-order valence-corrected chi connectivity index (χ1v) is 7.19. The summed E-state index contributed by atoms with van der Waals surface area (Å²) in [7, 11) is 0. The van der Waals surface area contributed by atoms with Crippen molar-refractivity contribution < 1.29 is 14.3 Å². The molecule has 0 spiro atoms. The van der Waals surface area contributed by atoms with Gasteiger partial charge in [-0.15, -0.1) is 11.3 Å². The van der Waals surface area contributed by atoms with Gasteiger partial charge < -0.3 is 20.1 Å². The SMILES string of the molecule is O=C(Nc1csc(Cl)c1)Nc1cccc2c1OCCO2. The van der Waals surface area contributed by atoms with E-state index in [-0.39, 0.29) is 6.03 Å². The Morgan fingerprint density at radius 1 is 1.25 bits per heavy atom. The Hall–Kier alpha value is -1.92. The maximum atomic E-state index is 11.9. The first-order chi connectivity index (χ1) is 9.72. The minimum Gasteiger partial charge on any atom is -0.486 e. The van der Waals surface area contributed by atoms with Crippen LogP contribution in [0.1, 0.15) is 0 Å². The highest BCUT2D eigenvalue weighted by atomic mass is 35.5. The quantitative estimate of drug-likeness (QED) is 0.886. The summed E-state index contributed by atoms with van der Waals surface area (Å²) >= 11 is 7.16. The number of anilines is 2. The lowest BCUT2D eigenvalue weighted by Crippen LogP contribution is -2.21. The Labute approximate surface area is 124 Å². The number of hydrogen-bond donors (Lipinski definition) is 2. The van der Waals surface area contributed by atoms with Crippen LogP contribution in [0.15, 0.2) is 29.6 Å². The van der Waals surface area contributed by atoms with E-state index in [1.54, 1.807) is 29.6 Å². The van der Waals surface area contributed by atoms with Crippen LogP contribution in [0, 0.1) is 0 Å². The van der Waals surface area contributed by atoms with Gasteiger partial charge in [0, 0.05) is 5.38 Å². The monoisotopic (exact) mass is 310 g/mol. The molecule has 1 aromatic heterocycles. The van der Waals surface area contributed by atoms with Crippen molar-refractivity contribution in [3.63, 3.8) is 0 Å². The lowest BCUT2D eigenvalue weighted by atomic mass is 10.2. The highest BCUT2D eigenvalue weighted by Gasteiger charge is 2.17. The summed E-state index contributed by atoms with van der Waals surface area (Å²) in [5.41, 5.74) is 1.22. The lowest BCUT2D eigenvalue weighted by molar-refractivity contribution is 0.172. The number of carbonyl (C=O) groups is 1. The van der Waals surface area contributed by atoms with Crippen molar-refractivity contribution in [2.24, 2.45) is 0 Å². The molecule has 2 N–H and O–H groups in total. The third kappa shape index (κ3) is 2.81. The van der Waals surface area contributed by atoms with E-state index >= 15 is 0 Å². The summed E-state index contributed by atoms with van der Waals surface area (Å²) in [6.07, 6.45) is 0. The second-order valence-electron chi connectivity index (χ2n) is 4.05. The minimum absolute atomic E-state index is 0.359. The second kappa shape index (κ2) is 5.60. The molecule has 0 radical (unpaired) electrons. The number of hydrogen-bond acceptors (Lipinski definition) is 4. The van der Waals surface area contributed by atoms with E-state index in [0.717, 1.165) is 0 Å². The normalized spacial score (nSPS) is 12.8. The number of urea groups is 1. The fourth-order valence-corrected chi connectivity index (χ4v) is 2.65. The zero-order valence-corrected chi connectivity index (χ0v) is 11.9. The molecule has 0 aliphatic carbocycles.